The monoisotopic (exact) mass is 250 g/mol. The van der Waals surface area contributed by atoms with Gasteiger partial charge in [-0.05, 0) is 37.3 Å². The molecule has 0 radical (unpaired) electrons. The first-order chi connectivity index (χ1) is 8.70. The van der Waals surface area contributed by atoms with Gasteiger partial charge in [-0.25, -0.2) is 0 Å². The summed E-state index contributed by atoms with van der Waals surface area (Å²) in [5, 5.41) is 8.77. The second-order valence-corrected chi connectivity index (χ2v) is 4.78. The molecular weight excluding hydrogens is 224 g/mol. The molecule has 3 heteroatoms. The van der Waals surface area contributed by atoms with Crippen LogP contribution in [0.4, 0.5) is 5.69 Å². The quantitative estimate of drug-likeness (QED) is 0.697. The summed E-state index contributed by atoms with van der Waals surface area (Å²) in [4.78, 5) is 2.27. The molecule has 0 bridgehead atoms. The molecule has 18 heavy (non-hydrogen) atoms. The van der Waals surface area contributed by atoms with E-state index in [1.807, 2.05) is 6.07 Å². The summed E-state index contributed by atoms with van der Waals surface area (Å²) in [6, 6.07) is 8.48. The highest BCUT2D eigenvalue weighted by Crippen LogP contribution is 2.26. The third-order valence-corrected chi connectivity index (χ3v) is 3.34. The average molecular weight is 250 g/mol. The number of anilines is 1. The van der Waals surface area contributed by atoms with E-state index >= 15 is 0 Å². The van der Waals surface area contributed by atoms with Crippen molar-refractivity contribution in [1.29, 1.82) is 0 Å². The van der Waals surface area contributed by atoms with Crippen LogP contribution >= 0.6 is 0 Å². The first-order valence-corrected chi connectivity index (χ1v) is 6.87. The van der Waals surface area contributed by atoms with Crippen molar-refractivity contribution in [3.8, 4) is 0 Å². The Balaban J connectivity index is 2.63. The molecule has 1 rings (SSSR count). The van der Waals surface area contributed by atoms with Gasteiger partial charge < -0.3 is 15.7 Å². The van der Waals surface area contributed by atoms with Crippen LogP contribution in [0.1, 0.15) is 44.2 Å². The molecule has 0 aromatic heterocycles. The summed E-state index contributed by atoms with van der Waals surface area (Å²) in [7, 11) is 2.11. The van der Waals surface area contributed by atoms with E-state index in [2.05, 4.69) is 37.1 Å². The van der Waals surface area contributed by atoms with Crippen molar-refractivity contribution < 1.29 is 5.11 Å². The zero-order valence-electron chi connectivity index (χ0n) is 11.6. The van der Waals surface area contributed by atoms with Gasteiger partial charge in [0.25, 0.3) is 0 Å². The lowest BCUT2D eigenvalue weighted by Gasteiger charge is -2.24. The molecule has 1 atom stereocenters. The molecular formula is C15H26N2O. The molecule has 0 saturated carbocycles. The highest BCUT2D eigenvalue weighted by molar-refractivity contribution is 5.54. The molecule has 1 aromatic rings. The minimum atomic E-state index is 0.112. The van der Waals surface area contributed by atoms with Gasteiger partial charge >= 0.3 is 0 Å². The van der Waals surface area contributed by atoms with Crippen LogP contribution in [0.5, 0.6) is 0 Å². The van der Waals surface area contributed by atoms with Gasteiger partial charge in [-0.2, -0.15) is 0 Å². The second kappa shape index (κ2) is 8.11. The molecule has 1 unspecified atom stereocenters. The summed E-state index contributed by atoms with van der Waals surface area (Å²) in [6.45, 7) is 3.41. The van der Waals surface area contributed by atoms with E-state index in [1.165, 1.54) is 11.3 Å². The Morgan fingerprint density at radius 2 is 1.94 bits per heavy atom. The van der Waals surface area contributed by atoms with Crippen LogP contribution in [0, 0.1) is 0 Å². The SMILES string of the molecule is CCC(N)c1ccccc1N(C)CCCCCO. The summed E-state index contributed by atoms with van der Waals surface area (Å²) in [6.07, 6.45) is 4.02. The molecule has 0 aliphatic carbocycles. The Bertz CT molecular complexity index is 341. The Hall–Kier alpha value is -1.06. The Morgan fingerprint density at radius 1 is 1.22 bits per heavy atom. The van der Waals surface area contributed by atoms with Crippen molar-refractivity contribution in [3.63, 3.8) is 0 Å². The van der Waals surface area contributed by atoms with E-state index in [1.54, 1.807) is 0 Å². The summed E-state index contributed by atoms with van der Waals surface area (Å²) < 4.78 is 0. The number of rotatable bonds is 8. The van der Waals surface area contributed by atoms with Crippen molar-refractivity contribution >= 4 is 5.69 Å². The minimum Gasteiger partial charge on any atom is -0.396 e. The van der Waals surface area contributed by atoms with Crippen LogP contribution in [-0.4, -0.2) is 25.3 Å². The van der Waals surface area contributed by atoms with Crippen LogP contribution in [0.15, 0.2) is 24.3 Å². The average Bonchev–Trinajstić information content (AvgIpc) is 2.42. The van der Waals surface area contributed by atoms with Gasteiger partial charge in [0.05, 0.1) is 0 Å². The molecule has 0 heterocycles. The summed E-state index contributed by atoms with van der Waals surface area (Å²) >= 11 is 0. The maximum atomic E-state index is 8.77. The molecule has 0 aliphatic heterocycles. The first kappa shape index (κ1) is 15.0. The molecule has 3 N–H and O–H groups in total. The van der Waals surface area contributed by atoms with Crippen LogP contribution in [0.25, 0.3) is 0 Å². The van der Waals surface area contributed by atoms with Gasteiger partial charge in [0.1, 0.15) is 0 Å². The van der Waals surface area contributed by atoms with Gasteiger partial charge in [0.15, 0.2) is 0 Å². The van der Waals surface area contributed by atoms with E-state index < -0.39 is 0 Å². The number of nitrogens with two attached hydrogens (primary N) is 1. The Morgan fingerprint density at radius 3 is 2.61 bits per heavy atom. The largest absolute Gasteiger partial charge is 0.396 e. The van der Waals surface area contributed by atoms with Crippen LogP contribution in [-0.2, 0) is 0 Å². The third kappa shape index (κ3) is 4.31. The van der Waals surface area contributed by atoms with Crippen LogP contribution in [0.2, 0.25) is 0 Å². The first-order valence-electron chi connectivity index (χ1n) is 6.87. The third-order valence-electron chi connectivity index (χ3n) is 3.34. The van der Waals surface area contributed by atoms with E-state index in [9.17, 15) is 0 Å². The summed E-state index contributed by atoms with van der Waals surface area (Å²) in [5.74, 6) is 0. The number of benzene rings is 1. The lowest BCUT2D eigenvalue weighted by atomic mass is 10.0. The summed E-state index contributed by atoms with van der Waals surface area (Å²) in [5.41, 5.74) is 8.61. The molecule has 0 amide bonds. The van der Waals surface area contributed by atoms with Gasteiger partial charge in [0.2, 0.25) is 0 Å². The highest BCUT2D eigenvalue weighted by Gasteiger charge is 2.11. The zero-order chi connectivity index (χ0) is 13.4. The van der Waals surface area contributed by atoms with Crippen molar-refractivity contribution in [3.05, 3.63) is 29.8 Å². The Kier molecular flexibility index (Phi) is 6.76. The number of nitrogens with zero attached hydrogens (tertiary/aromatic N) is 1. The molecule has 0 fully saturated rings. The van der Waals surface area contributed by atoms with Crippen molar-refractivity contribution in [2.45, 2.75) is 38.6 Å². The van der Waals surface area contributed by atoms with Gasteiger partial charge in [-0.15, -0.1) is 0 Å². The number of para-hydroxylation sites is 1. The predicted octanol–water partition coefficient (Wildman–Crippen LogP) is 2.70. The van der Waals surface area contributed by atoms with E-state index in [0.29, 0.717) is 6.61 Å². The normalized spacial score (nSPS) is 12.4. The lowest BCUT2D eigenvalue weighted by molar-refractivity contribution is 0.283. The number of hydrogen-bond donors (Lipinski definition) is 2. The highest BCUT2D eigenvalue weighted by atomic mass is 16.2. The fourth-order valence-corrected chi connectivity index (χ4v) is 2.13. The Labute approximate surface area is 111 Å². The number of aliphatic hydroxyl groups is 1. The van der Waals surface area contributed by atoms with E-state index in [-0.39, 0.29) is 6.04 Å². The van der Waals surface area contributed by atoms with Crippen LogP contribution < -0.4 is 10.6 Å². The standard InChI is InChI=1S/C15H26N2O/c1-3-14(16)13-9-5-6-10-15(13)17(2)11-7-4-8-12-18/h5-6,9-10,14,18H,3-4,7-8,11-12,16H2,1-2H3. The van der Waals surface area contributed by atoms with Crippen LogP contribution in [0.3, 0.4) is 0 Å². The second-order valence-electron chi connectivity index (χ2n) is 4.78. The van der Waals surface area contributed by atoms with Gasteiger partial charge in [0, 0.05) is 31.9 Å². The number of unbranched alkanes of at least 4 members (excludes halogenated alkanes) is 2. The number of hydrogen-bond acceptors (Lipinski definition) is 3. The number of aliphatic hydroxyl groups excluding tert-OH is 1. The van der Waals surface area contributed by atoms with Crippen molar-refractivity contribution in [1.82, 2.24) is 0 Å². The van der Waals surface area contributed by atoms with Crippen molar-refractivity contribution in [2.75, 3.05) is 25.1 Å². The van der Waals surface area contributed by atoms with E-state index in [0.717, 1.165) is 32.2 Å². The molecule has 0 spiro atoms. The smallest absolute Gasteiger partial charge is 0.0431 e. The minimum absolute atomic E-state index is 0.112. The fourth-order valence-electron chi connectivity index (χ4n) is 2.13. The molecule has 3 nitrogen and oxygen atoms in total. The topological polar surface area (TPSA) is 49.5 Å². The maximum Gasteiger partial charge on any atom is 0.0431 e. The molecule has 0 aliphatic rings. The lowest BCUT2D eigenvalue weighted by Crippen LogP contribution is -2.22. The maximum absolute atomic E-state index is 8.77. The zero-order valence-corrected chi connectivity index (χ0v) is 11.6. The van der Waals surface area contributed by atoms with Gasteiger partial charge in [-0.3, -0.25) is 0 Å². The predicted molar refractivity (Wildman–Crippen MR) is 77.9 cm³/mol. The van der Waals surface area contributed by atoms with Gasteiger partial charge in [-0.1, -0.05) is 25.1 Å². The molecule has 0 saturated heterocycles. The molecule has 1 aromatic carbocycles. The van der Waals surface area contributed by atoms with E-state index in [4.69, 9.17) is 10.8 Å². The van der Waals surface area contributed by atoms with Crippen molar-refractivity contribution in [2.24, 2.45) is 5.73 Å². The fraction of sp³-hybridized carbons (Fsp3) is 0.600. The molecule has 102 valence electrons.